The van der Waals surface area contributed by atoms with Crippen LogP contribution in [0.2, 0.25) is 0 Å². The summed E-state index contributed by atoms with van der Waals surface area (Å²) in [5, 5.41) is 20.3. The minimum atomic E-state index is -1.42. The first-order valence-corrected chi connectivity index (χ1v) is 8.55. The van der Waals surface area contributed by atoms with Crippen LogP contribution in [0.1, 0.15) is 26.7 Å². The molecule has 0 heterocycles. The summed E-state index contributed by atoms with van der Waals surface area (Å²) in [5.41, 5.74) is -1.36. The van der Waals surface area contributed by atoms with Crippen LogP contribution < -0.4 is 0 Å². The molecular formula is C17H27ClO6. The average Bonchev–Trinajstić information content (AvgIpc) is 2.57. The highest BCUT2D eigenvalue weighted by atomic mass is 35.5. The number of hydrogen-bond acceptors (Lipinski definition) is 6. The number of alkyl halides is 1. The topological polar surface area (TPSA) is 93.1 Å². The number of rotatable bonds is 6. The Morgan fingerprint density at radius 3 is 2.38 bits per heavy atom. The lowest BCUT2D eigenvalue weighted by Gasteiger charge is -2.46. The molecule has 24 heavy (non-hydrogen) atoms. The predicted molar refractivity (Wildman–Crippen MR) is 89.4 cm³/mol. The van der Waals surface area contributed by atoms with Crippen LogP contribution in [0.3, 0.4) is 0 Å². The van der Waals surface area contributed by atoms with Crippen molar-refractivity contribution in [1.82, 2.24) is 0 Å². The van der Waals surface area contributed by atoms with Crippen molar-refractivity contribution in [2.45, 2.75) is 32.3 Å². The van der Waals surface area contributed by atoms with Crippen LogP contribution in [0, 0.1) is 23.7 Å². The molecule has 0 amide bonds. The Hall–Kier alpha value is -1.11. The lowest BCUT2D eigenvalue weighted by atomic mass is 9.61. The third kappa shape index (κ3) is 4.29. The van der Waals surface area contributed by atoms with Crippen molar-refractivity contribution in [2.24, 2.45) is 23.7 Å². The fraction of sp³-hybridized carbons (Fsp3) is 0.765. The molecule has 0 aliphatic heterocycles. The van der Waals surface area contributed by atoms with E-state index in [9.17, 15) is 19.8 Å². The Bertz CT molecular complexity index is 489. The van der Waals surface area contributed by atoms with E-state index in [1.807, 2.05) is 13.8 Å². The zero-order chi connectivity index (χ0) is 18.5. The first kappa shape index (κ1) is 20.9. The van der Waals surface area contributed by atoms with Gasteiger partial charge in [0.1, 0.15) is 0 Å². The number of methoxy groups -OCH3 is 2. The smallest absolute Gasteiger partial charge is 0.335 e. The molecule has 0 aromatic heterocycles. The van der Waals surface area contributed by atoms with Gasteiger partial charge in [-0.05, 0) is 30.6 Å². The number of ether oxygens (including phenoxy) is 2. The summed E-state index contributed by atoms with van der Waals surface area (Å²) < 4.78 is 9.55. The van der Waals surface area contributed by atoms with Gasteiger partial charge in [0.15, 0.2) is 0 Å². The van der Waals surface area contributed by atoms with Crippen molar-refractivity contribution in [3.8, 4) is 0 Å². The number of aliphatic hydroxyl groups excluding tert-OH is 1. The van der Waals surface area contributed by atoms with Crippen molar-refractivity contribution in [3.63, 3.8) is 0 Å². The molecule has 1 aliphatic carbocycles. The highest BCUT2D eigenvalue weighted by Gasteiger charge is 2.52. The second-order valence-corrected chi connectivity index (χ2v) is 6.87. The molecule has 0 aromatic carbocycles. The van der Waals surface area contributed by atoms with Gasteiger partial charge in [0.25, 0.3) is 0 Å². The number of carbonyl (C=O) groups is 2. The summed E-state index contributed by atoms with van der Waals surface area (Å²) in [4.78, 5) is 24.2. The van der Waals surface area contributed by atoms with E-state index in [-0.39, 0.29) is 23.3 Å². The Labute approximate surface area is 147 Å². The summed E-state index contributed by atoms with van der Waals surface area (Å²) in [6.45, 7) is 3.52. The summed E-state index contributed by atoms with van der Waals surface area (Å²) in [5.74, 6) is -2.52. The summed E-state index contributed by atoms with van der Waals surface area (Å²) in [6.07, 6.45) is 2.56. The maximum Gasteiger partial charge on any atom is 0.335 e. The summed E-state index contributed by atoms with van der Waals surface area (Å²) >= 11 is 5.95. The molecule has 0 spiro atoms. The molecule has 1 fully saturated rings. The van der Waals surface area contributed by atoms with Crippen LogP contribution in [-0.4, -0.2) is 54.5 Å². The number of carbonyl (C=O) groups excluding carboxylic acids is 2. The fourth-order valence-electron chi connectivity index (χ4n) is 3.57. The molecule has 1 rings (SSSR count). The van der Waals surface area contributed by atoms with E-state index in [1.54, 1.807) is 0 Å². The van der Waals surface area contributed by atoms with Crippen LogP contribution in [-0.2, 0) is 19.1 Å². The second-order valence-electron chi connectivity index (χ2n) is 6.60. The third-order valence-electron chi connectivity index (χ3n) is 4.92. The molecule has 0 unspecified atom stereocenters. The Balaban J connectivity index is 3.42. The standard InChI is InChI=1S/C17H27ClO6/c1-10(2)12-5-6-17(22,9-18)14(16(21)24-4)13(12)7-11(8-19)15(20)23-3/h7,10,12-14,19,22H,5-6,8-9H2,1-4H3/b11-7+/t12-,13-,14-,17-/m1/s1. The Morgan fingerprint density at radius 1 is 1.33 bits per heavy atom. The maximum absolute atomic E-state index is 12.4. The SMILES string of the molecule is COC(=O)/C(=C/[C@@H]1[C@@H](C(C)C)CC[C@@](O)(CCl)[C@H]1C(=O)OC)CO. The molecule has 4 atom stereocenters. The molecule has 138 valence electrons. The maximum atomic E-state index is 12.4. The number of esters is 2. The highest BCUT2D eigenvalue weighted by molar-refractivity contribution is 6.18. The molecule has 1 aliphatic rings. The van der Waals surface area contributed by atoms with Crippen molar-refractivity contribution < 1.29 is 29.3 Å². The van der Waals surface area contributed by atoms with Gasteiger partial charge in [-0.2, -0.15) is 0 Å². The number of hydrogen-bond donors (Lipinski definition) is 2. The molecule has 0 bridgehead atoms. The molecule has 7 heteroatoms. The van der Waals surface area contributed by atoms with E-state index in [0.717, 1.165) is 0 Å². The van der Waals surface area contributed by atoms with Crippen molar-refractivity contribution in [3.05, 3.63) is 11.6 Å². The van der Waals surface area contributed by atoms with Gasteiger partial charge in [0.2, 0.25) is 0 Å². The molecule has 1 saturated carbocycles. The average molecular weight is 363 g/mol. The lowest BCUT2D eigenvalue weighted by Crippen LogP contribution is -2.54. The predicted octanol–water partition coefficient (Wildman–Crippen LogP) is 1.52. The molecule has 0 radical (unpaired) electrons. The van der Waals surface area contributed by atoms with Crippen LogP contribution in [0.5, 0.6) is 0 Å². The minimum Gasteiger partial charge on any atom is -0.469 e. The van der Waals surface area contributed by atoms with Gasteiger partial charge in [0.05, 0.1) is 43.8 Å². The first-order valence-electron chi connectivity index (χ1n) is 8.01. The number of halogens is 1. The van der Waals surface area contributed by atoms with Gasteiger partial charge in [0, 0.05) is 0 Å². The van der Waals surface area contributed by atoms with Gasteiger partial charge in [-0.25, -0.2) is 4.79 Å². The van der Waals surface area contributed by atoms with E-state index in [1.165, 1.54) is 20.3 Å². The minimum absolute atomic E-state index is 0.0313. The molecule has 6 nitrogen and oxygen atoms in total. The second kappa shape index (κ2) is 8.83. The molecule has 2 N–H and O–H groups in total. The van der Waals surface area contributed by atoms with Crippen LogP contribution in [0.4, 0.5) is 0 Å². The number of allylic oxidation sites excluding steroid dienone is 1. The number of aliphatic hydroxyl groups is 2. The third-order valence-corrected chi connectivity index (χ3v) is 5.39. The van der Waals surface area contributed by atoms with Gasteiger partial charge in [-0.3, -0.25) is 4.79 Å². The zero-order valence-corrected chi connectivity index (χ0v) is 15.4. The van der Waals surface area contributed by atoms with E-state index in [0.29, 0.717) is 12.8 Å². The first-order chi connectivity index (χ1) is 11.2. The van der Waals surface area contributed by atoms with Gasteiger partial charge in [-0.1, -0.05) is 19.9 Å². The van der Waals surface area contributed by atoms with Crippen LogP contribution >= 0.6 is 11.6 Å². The molecule has 0 aromatic rings. The lowest BCUT2D eigenvalue weighted by molar-refractivity contribution is -0.165. The highest BCUT2D eigenvalue weighted by Crippen LogP contribution is 2.46. The largest absolute Gasteiger partial charge is 0.469 e. The normalized spacial score (nSPS) is 31.0. The van der Waals surface area contributed by atoms with Crippen molar-refractivity contribution >= 4 is 23.5 Å². The monoisotopic (exact) mass is 362 g/mol. The van der Waals surface area contributed by atoms with Gasteiger partial charge >= 0.3 is 11.9 Å². The zero-order valence-electron chi connectivity index (χ0n) is 14.6. The van der Waals surface area contributed by atoms with E-state index in [2.05, 4.69) is 4.74 Å². The van der Waals surface area contributed by atoms with Crippen molar-refractivity contribution in [2.75, 3.05) is 26.7 Å². The van der Waals surface area contributed by atoms with E-state index >= 15 is 0 Å². The fourth-order valence-corrected chi connectivity index (χ4v) is 3.87. The van der Waals surface area contributed by atoms with Gasteiger partial charge in [-0.15, -0.1) is 11.6 Å². The molecular weight excluding hydrogens is 336 g/mol. The van der Waals surface area contributed by atoms with E-state index < -0.39 is 36.0 Å². The van der Waals surface area contributed by atoms with Crippen molar-refractivity contribution in [1.29, 1.82) is 0 Å². The Morgan fingerprint density at radius 2 is 1.96 bits per heavy atom. The van der Waals surface area contributed by atoms with Crippen LogP contribution in [0.15, 0.2) is 11.6 Å². The quantitative estimate of drug-likeness (QED) is 0.423. The van der Waals surface area contributed by atoms with Gasteiger partial charge < -0.3 is 19.7 Å². The summed E-state index contributed by atoms with van der Waals surface area (Å²) in [7, 11) is 2.48. The summed E-state index contributed by atoms with van der Waals surface area (Å²) in [6, 6.07) is 0. The Kier molecular flexibility index (Phi) is 7.70. The molecule has 0 saturated heterocycles. The van der Waals surface area contributed by atoms with Crippen LogP contribution in [0.25, 0.3) is 0 Å². The van der Waals surface area contributed by atoms with E-state index in [4.69, 9.17) is 16.3 Å².